The Morgan fingerprint density at radius 1 is 1.24 bits per heavy atom. The van der Waals surface area contributed by atoms with E-state index < -0.39 is 0 Å². The molecule has 1 aromatic carbocycles. The first-order chi connectivity index (χ1) is 10.2. The van der Waals surface area contributed by atoms with Crippen LogP contribution in [0.5, 0.6) is 11.5 Å². The number of nitrogens with zero attached hydrogens (tertiary/aromatic N) is 1. The molecule has 2 aromatic rings. The summed E-state index contributed by atoms with van der Waals surface area (Å²) in [4.78, 5) is 16.2. The molecule has 1 amide bonds. The van der Waals surface area contributed by atoms with Crippen LogP contribution in [0, 0.1) is 0 Å². The Balaban J connectivity index is 2.17. The molecule has 1 heterocycles. The lowest BCUT2D eigenvalue weighted by atomic mass is 10.2. The van der Waals surface area contributed by atoms with Crippen LogP contribution in [0.3, 0.4) is 0 Å². The number of aromatic nitrogens is 1. The van der Waals surface area contributed by atoms with Gasteiger partial charge in [-0.05, 0) is 23.8 Å². The third kappa shape index (κ3) is 3.61. The first-order valence-electron chi connectivity index (χ1n) is 6.26. The molecule has 0 aliphatic rings. The Morgan fingerprint density at radius 3 is 2.67 bits per heavy atom. The number of ether oxygens (including phenoxy) is 2. The minimum absolute atomic E-state index is 0.127. The lowest BCUT2D eigenvalue weighted by molar-refractivity contribution is 0.0967. The van der Waals surface area contributed by atoms with Gasteiger partial charge < -0.3 is 14.8 Å². The number of nitrogens with one attached hydrogen (secondary N) is 1. The fourth-order valence-corrected chi connectivity index (χ4v) is 2.48. The topological polar surface area (TPSA) is 60.5 Å². The molecule has 5 nitrogen and oxygen atoms in total. The maximum Gasteiger partial charge on any atom is 0.262 e. The van der Waals surface area contributed by atoms with E-state index in [4.69, 9.17) is 9.47 Å². The minimum Gasteiger partial charge on any atom is -0.493 e. The van der Waals surface area contributed by atoms with Gasteiger partial charge in [0.25, 0.3) is 5.91 Å². The van der Waals surface area contributed by atoms with Gasteiger partial charge in [-0.3, -0.25) is 4.79 Å². The van der Waals surface area contributed by atoms with Crippen molar-refractivity contribution in [3.05, 3.63) is 39.8 Å². The molecule has 110 valence electrons. The third-order valence-corrected chi connectivity index (χ3v) is 3.76. The van der Waals surface area contributed by atoms with Crippen molar-refractivity contribution in [3.8, 4) is 11.5 Å². The Hall–Kier alpha value is -2.34. The summed E-state index contributed by atoms with van der Waals surface area (Å²) < 4.78 is 10.4. The molecule has 0 fully saturated rings. The second-order valence-corrected chi connectivity index (χ2v) is 5.15. The van der Waals surface area contributed by atoms with Crippen molar-refractivity contribution in [2.45, 2.75) is 0 Å². The van der Waals surface area contributed by atoms with Crippen molar-refractivity contribution < 1.29 is 14.3 Å². The van der Waals surface area contributed by atoms with Gasteiger partial charge in [-0.25, -0.2) is 4.98 Å². The summed E-state index contributed by atoms with van der Waals surface area (Å²) in [5, 5.41) is 3.34. The number of thiazole rings is 1. The Kier molecular flexibility index (Phi) is 4.94. The van der Waals surface area contributed by atoms with E-state index in [1.807, 2.05) is 30.4 Å². The summed E-state index contributed by atoms with van der Waals surface area (Å²) in [6.45, 7) is 0. The van der Waals surface area contributed by atoms with E-state index >= 15 is 0 Å². The summed E-state index contributed by atoms with van der Waals surface area (Å²) in [6.07, 6.45) is 5.34. The molecule has 2 rings (SSSR count). The van der Waals surface area contributed by atoms with E-state index in [9.17, 15) is 4.79 Å². The van der Waals surface area contributed by atoms with Crippen LogP contribution in [0.2, 0.25) is 0 Å². The largest absolute Gasteiger partial charge is 0.493 e. The molecule has 21 heavy (non-hydrogen) atoms. The van der Waals surface area contributed by atoms with E-state index in [1.165, 1.54) is 11.3 Å². The summed E-state index contributed by atoms with van der Waals surface area (Å²) in [5.41, 5.74) is 0.962. The van der Waals surface area contributed by atoms with Crippen LogP contribution in [0.25, 0.3) is 12.2 Å². The summed E-state index contributed by atoms with van der Waals surface area (Å²) in [5.74, 6) is 1.23. The van der Waals surface area contributed by atoms with Crippen molar-refractivity contribution in [1.82, 2.24) is 10.3 Å². The van der Waals surface area contributed by atoms with E-state index in [1.54, 1.807) is 27.5 Å². The number of methoxy groups -OCH3 is 2. The zero-order chi connectivity index (χ0) is 15.2. The highest BCUT2D eigenvalue weighted by Gasteiger charge is 2.07. The Labute approximate surface area is 127 Å². The van der Waals surface area contributed by atoms with Crippen molar-refractivity contribution in [2.24, 2.45) is 0 Å². The molecule has 1 aromatic heterocycles. The van der Waals surface area contributed by atoms with Crippen LogP contribution >= 0.6 is 11.3 Å². The number of amides is 1. The second-order valence-electron chi connectivity index (χ2n) is 4.09. The SMILES string of the molecule is CNC(=O)c1cnc(C=Cc2ccc(OC)c(OC)c2)s1. The number of hydrogen-bond acceptors (Lipinski definition) is 5. The van der Waals surface area contributed by atoms with Crippen LogP contribution in [0.15, 0.2) is 24.4 Å². The van der Waals surface area contributed by atoms with Crippen LogP contribution in [-0.4, -0.2) is 32.2 Å². The van der Waals surface area contributed by atoms with Gasteiger partial charge in [0, 0.05) is 7.05 Å². The monoisotopic (exact) mass is 304 g/mol. The van der Waals surface area contributed by atoms with Gasteiger partial charge >= 0.3 is 0 Å². The zero-order valence-corrected chi connectivity index (χ0v) is 12.9. The predicted molar refractivity (Wildman–Crippen MR) is 84.0 cm³/mol. The highest BCUT2D eigenvalue weighted by molar-refractivity contribution is 7.14. The minimum atomic E-state index is -0.127. The highest BCUT2D eigenvalue weighted by Crippen LogP contribution is 2.28. The van der Waals surface area contributed by atoms with Gasteiger partial charge in [-0.1, -0.05) is 12.1 Å². The molecule has 6 heteroatoms. The Morgan fingerprint density at radius 2 is 2.00 bits per heavy atom. The third-order valence-electron chi connectivity index (χ3n) is 2.80. The van der Waals surface area contributed by atoms with Gasteiger partial charge in [0.05, 0.1) is 20.4 Å². The number of carbonyl (C=O) groups excluding carboxylic acids is 1. The number of rotatable bonds is 5. The first-order valence-corrected chi connectivity index (χ1v) is 7.07. The molecule has 0 aliphatic heterocycles. The van der Waals surface area contributed by atoms with Crippen molar-refractivity contribution in [3.63, 3.8) is 0 Å². The normalized spacial score (nSPS) is 10.6. The molecule has 0 saturated heterocycles. The van der Waals surface area contributed by atoms with Gasteiger partial charge in [0.2, 0.25) is 0 Å². The highest BCUT2D eigenvalue weighted by atomic mass is 32.1. The van der Waals surface area contributed by atoms with Crippen LogP contribution in [-0.2, 0) is 0 Å². The number of hydrogen-bond donors (Lipinski definition) is 1. The van der Waals surface area contributed by atoms with Crippen LogP contribution < -0.4 is 14.8 Å². The van der Waals surface area contributed by atoms with E-state index in [2.05, 4.69) is 10.3 Å². The maximum absolute atomic E-state index is 11.5. The van der Waals surface area contributed by atoms with Gasteiger partial charge in [0.1, 0.15) is 9.88 Å². The molecule has 0 radical (unpaired) electrons. The second kappa shape index (κ2) is 6.90. The average molecular weight is 304 g/mol. The standard InChI is InChI=1S/C15H16N2O3S/c1-16-15(18)13-9-17-14(21-13)7-5-10-4-6-11(19-2)12(8-10)20-3/h4-9H,1-3H3,(H,16,18). The molecule has 0 aliphatic carbocycles. The van der Waals surface area contributed by atoms with Gasteiger partial charge in [-0.15, -0.1) is 11.3 Å². The number of benzene rings is 1. The molecule has 0 spiro atoms. The lowest BCUT2D eigenvalue weighted by Crippen LogP contribution is -2.16. The molecular weight excluding hydrogens is 288 g/mol. The zero-order valence-electron chi connectivity index (χ0n) is 12.0. The van der Waals surface area contributed by atoms with Crippen LogP contribution in [0.1, 0.15) is 20.2 Å². The predicted octanol–water partition coefficient (Wildman–Crippen LogP) is 2.69. The molecule has 1 N–H and O–H groups in total. The quantitative estimate of drug-likeness (QED) is 0.922. The summed E-state index contributed by atoms with van der Waals surface area (Å²) in [7, 11) is 4.80. The van der Waals surface area contributed by atoms with E-state index in [0.29, 0.717) is 16.4 Å². The van der Waals surface area contributed by atoms with Gasteiger partial charge in [0.15, 0.2) is 11.5 Å². The molecule has 0 saturated carbocycles. The fraction of sp³-hybridized carbons (Fsp3) is 0.200. The van der Waals surface area contributed by atoms with Crippen molar-refractivity contribution in [2.75, 3.05) is 21.3 Å². The Bertz CT molecular complexity index is 665. The van der Waals surface area contributed by atoms with E-state index in [-0.39, 0.29) is 5.91 Å². The first kappa shape index (κ1) is 15.1. The smallest absolute Gasteiger partial charge is 0.262 e. The average Bonchev–Trinajstić information content (AvgIpc) is 3.00. The number of carbonyl (C=O) groups is 1. The summed E-state index contributed by atoms with van der Waals surface area (Å²) >= 11 is 1.34. The summed E-state index contributed by atoms with van der Waals surface area (Å²) in [6, 6.07) is 5.64. The molecular formula is C15H16N2O3S. The van der Waals surface area contributed by atoms with Crippen LogP contribution in [0.4, 0.5) is 0 Å². The van der Waals surface area contributed by atoms with Gasteiger partial charge in [-0.2, -0.15) is 0 Å². The van der Waals surface area contributed by atoms with E-state index in [0.717, 1.165) is 10.6 Å². The maximum atomic E-state index is 11.5. The molecule has 0 atom stereocenters. The lowest BCUT2D eigenvalue weighted by Gasteiger charge is -2.07. The van der Waals surface area contributed by atoms with Crippen molar-refractivity contribution >= 4 is 29.4 Å². The van der Waals surface area contributed by atoms with Crippen molar-refractivity contribution in [1.29, 1.82) is 0 Å². The molecule has 0 bridgehead atoms. The fourth-order valence-electron chi connectivity index (χ4n) is 1.72. The molecule has 0 unspecified atom stereocenters.